The molecule has 6 amide bonds. The highest BCUT2D eigenvalue weighted by Gasteiger charge is 2.33. The monoisotopic (exact) mass is 1730 g/mol. The van der Waals surface area contributed by atoms with Gasteiger partial charge in [0.05, 0.1) is 111 Å². The number of esters is 3. The number of fused-ring (bicyclic) bond motifs is 5. The Morgan fingerprint density at radius 2 is 1.12 bits per heavy atom. The molecule has 42 heteroatoms. The topological polar surface area (TPSA) is 551 Å². The third-order valence-corrected chi connectivity index (χ3v) is 20.5. The van der Waals surface area contributed by atoms with Gasteiger partial charge in [-0.15, -0.1) is 5.10 Å². The minimum atomic E-state index is -4.76. The SMILES string of the molecule is CNCC(=O)O[C@@H]1CCCCCC[C@H](OC(=O)CN(C)CCN(CCNCC(=O)OC)CC(=O)NCCCn2nnc3c2-c2ccccc2CN(C(=O)CCC(=O)NCCOCCOCCOCCOCCC(=O)NCCCCCC(=O)N[C@H](CCC(=O)N[C@@H](CCCOP(=O)(O)NC(CCC(=O)O)C(=O)O)C(=O)O)C(=O)O)c2ccccc2-3)CC1. The second-order valence-electron chi connectivity index (χ2n) is 29.1. The van der Waals surface area contributed by atoms with Gasteiger partial charge in [-0.3, -0.25) is 67.1 Å². The van der Waals surface area contributed by atoms with Crippen molar-refractivity contribution in [1.82, 2.24) is 67.1 Å². The molecule has 0 saturated heterocycles. The molecule has 2 aromatic carbocycles. The van der Waals surface area contributed by atoms with Crippen LogP contribution in [0.5, 0.6) is 0 Å². The zero-order valence-corrected chi connectivity index (χ0v) is 70.4. The average molecular weight is 1730 g/mol. The second kappa shape index (κ2) is 58.5. The minimum Gasteiger partial charge on any atom is -0.481 e. The number of nitrogens with one attached hydrogen (secondary N) is 8. The van der Waals surface area contributed by atoms with Crippen molar-refractivity contribution in [1.29, 1.82) is 0 Å². The van der Waals surface area contributed by atoms with Gasteiger partial charge < -0.3 is 101 Å². The van der Waals surface area contributed by atoms with Crippen molar-refractivity contribution in [3.05, 3.63) is 54.1 Å². The molecule has 0 spiro atoms. The zero-order valence-electron chi connectivity index (χ0n) is 69.5. The molecule has 1 fully saturated rings. The van der Waals surface area contributed by atoms with E-state index in [1.165, 1.54) is 7.11 Å². The Morgan fingerprint density at radius 1 is 0.537 bits per heavy atom. The molecule has 5 rings (SSSR count). The predicted octanol–water partition coefficient (Wildman–Crippen LogP) is 1.89. The number of anilines is 1. The Labute approximate surface area is 703 Å². The smallest absolute Gasteiger partial charge is 0.403 e. The maximum atomic E-state index is 14.2. The van der Waals surface area contributed by atoms with Crippen molar-refractivity contribution in [3.8, 4) is 22.5 Å². The maximum absolute atomic E-state index is 14.2. The minimum absolute atomic E-state index is 0.00545. The highest BCUT2D eigenvalue weighted by Crippen LogP contribution is 2.42. The molecule has 121 heavy (non-hydrogen) atoms. The lowest BCUT2D eigenvalue weighted by Gasteiger charge is -2.28. The summed E-state index contributed by atoms with van der Waals surface area (Å²) in [5.74, 6) is -9.42. The molecule has 6 atom stereocenters. The van der Waals surface area contributed by atoms with Gasteiger partial charge in [0.2, 0.25) is 35.4 Å². The summed E-state index contributed by atoms with van der Waals surface area (Å²) in [5.41, 5.74) is 4.28. The van der Waals surface area contributed by atoms with Crippen LogP contribution in [0.15, 0.2) is 48.5 Å². The quantitative estimate of drug-likeness (QED) is 0.0166. The Morgan fingerprint density at radius 3 is 1.79 bits per heavy atom. The second-order valence-corrected chi connectivity index (χ2v) is 30.6. The molecule has 2 unspecified atom stereocenters. The molecule has 13 N–H and O–H groups in total. The zero-order chi connectivity index (χ0) is 88.2. The molecule has 2 heterocycles. The van der Waals surface area contributed by atoms with Crippen LogP contribution in [-0.4, -0.2) is 310 Å². The summed E-state index contributed by atoms with van der Waals surface area (Å²) >= 11 is 0. The molecular formula is C79H123N14O27P. The number of carbonyl (C=O) groups is 13. The van der Waals surface area contributed by atoms with E-state index in [0.29, 0.717) is 101 Å². The number of amides is 6. The van der Waals surface area contributed by atoms with Gasteiger partial charge in [0, 0.05) is 102 Å². The van der Waals surface area contributed by atoms with Crippen LogP contribution >= 0.6 is 7.75 Å². The lowest BCUT2D eigenvalue weighted by atomic mass is 9.95. The first kappa shape index (κ1) is 102. The standard InChI is InChI=1S/C79H123N14O27P/c1-80-51-73(103)119-57-18-7-4-5-8-19-58(26-25-57)120-74(104)55-90(2)40-41-91(39-36-81-52-72(102)113-3)54-69(98)83-35-16-38-93-76-59-20-11-10-17-56(59)53-92(64-23-13-12-21-60(64)75(76)87-89-93)70(99)31-30-65(94)84-37-44-115-46-48-117-50-49-116-47-45-114-43-33-66(95)82-34-14-6-9-24-67(96)86-62(78(107)108)27-29-68(97)85-61(77(105)106)22-15-42-118-121(111,112)88-63(79(109)110)28-32-71(100)101/h10-13,17,20-21,23,57-58,61-63,80-81H,4-9,14-16,18-19,22,24-55H2,1-3H3,(H,82,95)(H,83,98)(H,84,94)(H,85,97)(H,86,96)(H,100,101)(H,105,106)(H,107,108)(H,109,110)(H2,88,111,112)/t57-,58+,61+,62-,63?/m1/s1. The highest BCUT2D eigenvalue weighted by molar-refractivity contribution is 7.50. The third kappa shape index (κ3) is 42.7. The first-order chi connectivity index (χ1) is 58.1. The van der Waals surface area contributed by atoms with Crippen molar-refractivity contribution in [3.63, 3.8) is 0 Å². The molecule has 3 aromatic rings. The fourth-order valence-electron chi connectivity index (χ4n) is 13.0. The van der Waals surface area contributed by atoms with Crippen LogP contribution in [0.2, 0.25) is 0 Å². The first-order valence-corrected chi connectivity index (χ1v) is 42.7. The Bertz CT molecular complexity index is 3800. The van der Waals surface area contributed by atoms with E-state index in [9.17, 15) is 87.1 Å². The number of nitrogens with zero attached hydrogens (tertiary/aromatic N) is 6. The van der Waals surface area contributed by atoms with Crippen molar-refractivity contribution < 1.29 is 130 Å². The van der Waals surface area contributed by atoms with Gasteiger partial charge in [0.15, 0.2) is 0 Å². The summed E-state index contributed by atoms with van der Waals surface area (Å²) < 4.78 is 57.5. The van der Waals surface area contributed by atoms with Crippen LogP contribution in [0.1, 0.15) is 147 Å². The largest absolute Gasteiger partial charge is 0.481 e. The van der Waals surface area contributed by atoms with Crippen LogP contribution in [0.25, 0.3) is 22.5 Å². The Hall–Kier alpha value is -9.52. The summed E-state index contributed by atoms with van der Waals surface area (Å²) in [6, 6.07) is 10.4. The van der Waals surface area contributed by atoms with Crippen LogP contribution in [0.3, 0.4) is 0 Å². The number of likely N-dealkylation sites (N-methyl/N-ethyl adjacent to an activating group) is 2. The normalized spacial score (nSPS) is 15.3. The average Bonchev–Trinajstić information content (AvgIpc) is 1.68. The van der Waals surface area contributed by atoms with Crippen LogP contribution in [0.4, 0.5) is 5.69 Å². The Balaban J connectivity index is 0.902. The van der Waals surface area contributed by atoms with Gasteiger partial charge in [-0.1, -0.05) is 66.9 Å². The molecule has 676 valence electrons. The number of carboxylic acids is 4. The van der Waals surface area contributed by atoms with Gasteiger partial charge in [-0.25, -0.2) is 23.9 Å². The lowest BCUT2D eigenvalue weighted by Crippen LogP contribution is -2.44. The highest BCUT2D eigenvalue weighted by atomic mass is 31.2. The van der Waals surface area contributed by atoms with E-state index >= 15 is 0 Å². The van der Waals surface area contributed by atoms with E-state index in [0.717, 1.165) is 55.3 Å². The van der Waals surface area contributed by atoms with Crippen molar-refractivity contribution >= 4 is 90.7 Å². The fourth-order valence-corrected chi connectivity index (χ4v) is 14.0. The molecular weight excluding hydrogens is 1610 g/mol. The summed E-state index contributed by atoms with van der Waals surface area (Å²) in [5, 5.41) is 67.3. The van der Waals surface area contributed by atoms with E-state index in [2.05, 4.69) is 47.5 Å². The number of aromatic nitrogens is 3. The van der Waals surface area contributed by atoms with Crippen LogP contribution in [-0.2, 0) is 118 Å². The van der Waals surface area contributed by atoms with E-state index < -0.39 is 93.4 Å². The van der Waals surface area contributed by atoms with E-state index in [1.807, 2.05) is 75.1 Å². The number of para-hydroxylation sites is 1. The van der Waals surface area contributed by atoms with Gasteiger partial charge in [0.25, 0.3) is 0 Å². The van der Waals surface area contributed by atoms with E-state index in [4.69, 9.17) is 42.8 Å². The van der Waals surface area contributed by atoms with E-state index in [1.54, 1.807) is 11.9 Å². The number of aliphatic carboxylic acids is 4. The maximum Gasteiger partial charge on any atom is 0.403 e. The molecule has 1 aliphatic heterocycles. The predicted molar refractivity (Wildman–Crippen MR) is 436 cm³/mol. The number of methoxy groups -OCH3 is 1. The number of hydrogen-bond acceptors (Lipinski definition) is 28. The van der Waals surface area contributed by atoms with Crippen LogP contribution in [0, 0.1) is 0 Å². The first-order valence-electron chi connectivity index (χ1n) is 41.1. The Kier molecular flexibility index (Phi) is 49.3. The number of benzene rings is 2. The molecule has 1 aromatic heterocycles. The summed E-state index contributed by atoms with van der Waals surface area (Å²) in [6.07, 6.45) is 5.41. The van der Waals surface area contributed by atoms with Crippen molar-refractivity contribution in [2.45, 2.75) is 185 Å². The number of rotatable bonds is 62. The molecule has 0 bridgehead atoms. The molecule has 41 nitrogen and oxygen atoms in total. The van der Waals surface area contributed by atoms with Gasteiger partial charge in [-0.2, -0.15) is 0 Å². The number of hydrogen-bond donors (Lipinski definition) is 13. The molecule has 1 saturated carbocycles. The molecule has 0 radical (unpaired) electrons. The number of ether oxygens (including phenoxy) is 7. The number of unbranched alkanes of at least 4 members (excludes halogenated alkanes) is 2. The van der Waals surface area contributed by atoms with Crippen molar-refractivity contribution in [2.24, 2.45) is 0 Å². The third-order valence-electron chi connectivity index (χ3n) is 19.4. The van der Waals surface area contributed by atoms with Gasteiger partial charge in [0.1, 0.15) is 36.0 Å². The van der Waals surface area contributed by atoms with E-state index in [-0.39, 0.29) is 185 Å². The van der Waals surface area contributed by atoms with Crippen LogP contribution < -0.4 is 47.2 Å². The molecule has 2 aliphatic rings. The lowest BCUT2D eigenvalue weighted by molar-refractivity contribution is -0.154. The summed E-state index contributed by atoms with van der Waals surface area (Å²) in [4.78, 5) is 177. The summed E-state index contributed by atoms with van der Waals surface area (Å²) in [7, 11) is 0.0668. The number of aryl methyl sites for hydroxylation is 1. The number of carbonyl (C=O) groups excluding carboxylic acids is 9. The molecule has 1 aliphatic carbocycles. The fraction of sp³-hybridized carbons (Fsp3) is 0.658. The summed E-state index contributed by atoms with van der Waals surface area (Å²) in [6.45, 7) is 4.79. The number of carboxylic acid groups (broad SMARTS) is 4. The van der Waals surface area contributed by atoms with Gasteiger partial charge in [-0.05, 0) is 109 Å². The van der Waals surface area contributed by atoms with Crippen molar-refractivity contribution in [2.75, 3.05) is 158 Å². The van der Waals surface area contributed by atoms with Gasteiger partial charge >= 0.3 is 49.5 Å².